The molecule has 2 atom stereocenters. The van der Waals surface area contributed by atoms with E-state index in [-0.39, 0.29) is 5.75 Å². The molecule has 0 radical (unpaired) electrons. The van der Waals surface area contributed by atoms with E-state index in [1.165, 1.54) is 44.9 Å². The van der Waals surface area contributed by atoms with Crippen molar-refractivity contribution < 1.29 is 13.0 Å². The molecule has 0 bridgehead atoms. The maximum absolute atomic E-state index is 10.6. The molecule has 0 aliphatic heterocycles. The third-order valence-corrected chi connectivity index (χ3v) is 5.01. The number of hydrogen-bond acceptors (Lipinski definition) is 2. The molecular formula is C16H34O3S. The van der Waals surface area contributed by atoms with Crippen LogP contribution in [0.3, 0.4) is 0 Å². The van der Waals surface area contributed by atoms with Gasteiger partial charge in [0.25, 0.3) is 10.1 Å². The molecule has 0 amide bonds. The maximum atomic E-state index is 10.6. The van der Waals surface area contributed by atoms with Gasteiger partial charge < -0.3 is 0 Å². The predicted molar refractivity (Wildman–Crippen MR) is 86.6 cm³/mol. The number of rotatable bonds is 13. The van der Waals surface area contributed by atoms with Crippen molar-refractivity contribution in [2.45, 2.75) is 85.0 Å². The van der Waals surface area contributed by atoms with E-state index in [1.807, 2.05) is 0 Å². The van der Waals surface area contributed by atoms with Gasteiger partial charge in [-0.15, -0.1) is 0 Å². The molecule has 20 heavy (non-hydrogen) atoms. The lowest BCUT2D eigenvalue weighted by Gasteiger charge is -2.23. The summed E-state index contributed by atoms with van der Waals surface area (Å²) < 4.78 is 29.9. The van der Waals surface area contributed by atoms with E-state index < -0.39 is 10.1 Å². The van der Waals surface area contributed by atoms with E-state index in [1.54, 1.807) is 0 Å². The smallest absolute Gasteiger partial charge is 0.264 e. The van der Waals surface area contributed by atoms with Gasteiger partial charge in [0.05, 0.1) is 5.75 Å². The van der Waals surface area contributed by atoms with Gasteiger partial charge in [-0.3, -0.25) is 4.55 Å². The molecule has 0 aromatic carbocycles. The molecule has 0 aliphatic carbocycles. The summed E-state index contributed by atoms with van der Waals surface area (Å²) in [6.45, 7) is 6.88. The highest BCUT2D eigenvalue weighted by molar-refractivity contribution is 7.85. The Balaban J connectivity index is 3.83. The van der Waals surface area contributed by atoms with E-state index >= 15 is 0 Å². The molecule has 0 spiro atoms. The topological polar surface area (TPSA) is 54.4 Å². The van der Waals surface area contributed by atoms with E-state index in [9.17, 15) is 8.42 Å². The highest BCUT2D eigenvalue weighted by atomic mass is 32.2. The lowest BCUT2D eigenvalue weighted by Crippen LogP contribution is -2.12. The van der Waals surface area contributed by atoms with E-state index in [2.05, 4.69) is 20.8 Å². The third kappa shape index (κ3) is 11.7. The van der Waals surface area contributed by atoms with Crippen molar-refractivity contribution in [1.82, 2.24) is 0 Å². The molecule has 122 valence electrons. The highest BCUT2D eigenvalue weighted by Gasteiger charge is 2.15. The molecule has 0 heterocycles. The van der Waals surface area contributed by atoms with Crippen LogP contribution in [-0.4, -0.2) is 18.7 Å². The molecule has 2 unspecified atom stereocenters. The van der Waals surface area contributed by atoms with Gasteiger partial charge in [0.15, 0.2) is 0 Å². The Kier molecular flexibility index (Phi) is 11.5. The van der Waals surface area contributed by atoms with Crippen LogP contribution in [0.4, 0.5) is 0 Å². The van der Waals surface area contributed by atoms with Crippen LogP contribution in [0.1, 0.15) is 85.0 Å². The minimum absolute atomic E-state index is 0.0848. The Hall–Kier alpha value is -0.0900. The molecular weight excluding hydrogens is 272 g/mol. The van der Waals surface area contributed by atoms with E-state index in [0.717, 1.165) is 24.7 Å². The van der Waals surface area contributed by atoms with Gasteiger partial charge in [-0.1, -0.05) is 78.6 Å². The number of unbranched alkanes of at least 4 members (excludes halogenated alkanes) is 4. The molecule has 1 N–H and O–H groups in total. The molecule has 4 heteroatoms. The zero-order valence-corrected chi connectivity index (χ0v) is 14.4. The van der Waals surface area contributed by atoms with Crippen LogP contribution >= 0.6 is 0 Å². The fraction of sp³-hybridized carbons (Fsp3) is 1.00. The Morgan fingerprint density at radius 3 is 2.00 bits per heavy atom. The monoisotopic (exact) mass is 306 g/mol. The summed E-state index contributed by atoms with van der Waals surface area (Å²) in [5.41, 5.74) is 0. The van der Waals surface area contributed by atoms with Crippen molar-refractivity contribution in [1.29, 1.82) is 0 Å². The van der Waals surface area contributed by atoms with Crippen LogP contribution < -0.4 is 0 Å². The van der Waals surface area contributed by atoms with Crippen molar-refractivity contribution in [3.05, 3.63) is 0 Å². The molecule has 0 aromatic rings. The molecule has 0 fully saturated rings. The van der Waals surface area contributed by atoms with Crippen molar-refractivity contribution in [2.75, 3.05) is 5.75 Å². The zero-order valence-electron chi connectivity index (χ0n) is 13.6. The van der Waals surface area contributed by atoms with Gasteiger partial charge in [0, 0.05) is 0 Å². The summed E-state index contributed by atoms with van der Waals surface area (Å²) in [7, 11) is -3.76. The molecule has 0 saturated carbocycles. The normalized spacial score (nSPS) is 15.2. The summed E-state index contributed by atoms with van der Waals surface area (Å²) in [5.74, 6) is 1.55. The molecule has 0 aliphatic rings. The van der Waals surface area contributed by atoms with Gasteiger partial charge in [0.2, 0.25) is 0 Å². The van der Waals surface area contributed by atoms with Gasteiger partial charge in [0.1, 0.15) is 0 Å². The lowest BCUT2D eigenvalue weighted by atomic mass is 9.82. The Bertz CT molecular complexity index is 312. The summed E-state index contributed by atoms with van der Waals surface area (Å²) >= 11 is 0. The first-order valence-corrected chi connectivity index (χ1v) is 9.96. The van der Waals surface area contributed by atoms with Crippen LogP contribution in [-0.2, 0) is 10.1 Å². The van der Waals surface area contributed by atoms with Crippen molar-refractivity contribution >= 4 is 10.1 Å². The Morgan fingerprint density at radius 2 is 1.45 bits per heavy atom. The second-order valence-electron chi connectivity index (χ2n) is 6.16. The summed E-state index contributed by atoms with van der Waals surface area (Å²) in [4.78, 5) is 0. The summed E-state index contributed by atoms with van der Waals surface area (Å²) in [6, 6.07) is 0. The third-order valence-electron chi connectivity index (χ3n) is 4.20. The van der Waals surface area contributed by atoms with Gasteiger partial charge in [-0.2, -0.15) is 8.42 Å². The minimum Gasteiger partial charge on any atom is -0.286 e. The van der Waals surface area contributed by atoms with Crippen LogP contribution in [0.2, 0.25) is 0 Å². The highest BCUT2D eigenvalue weighted by Crippen LogP contribution is 2.28. The minimum atomic E-state index is -3.76. The Morgan fingerprint density at radius 1 is 0.850 bits per heavy atom. The number of hydrogen-bond donors (Lipinski definition) is 1. The largest absolute Gasteiger partial charge is 0.286 e. The van der Waals surface area contributed by atoms with Crippen LogP contribution in [0, 0.1) is 11.8 Å². The predicted octanol–water partition coefficient (Wildman–Crippen LogP) is 5.07. The molecule has 0 saturated heterocycles. The first-order chi connectivity index (χ1) is 9.40. The van der Waals surface area contributed by atoms with Crippen molar-refractivity contribution in [3.63, 3.8) is 0 Å². The van der Waals surface area contributed by atoms with Crippen molar-refractivity contribution in [2.24, 2.45) is 11.8 Å². The molecule has 3 nitrogen and oxygen atoms in total. The van der Waals surface area contributed by atoms with Crippen LogP contribution in [0.15, 0.2) is 0 Å². The average Bonchev–Trinajstić information content (AvgIpc) is 2.36. The first kappa shape index (κ1) is 19.9. The second kappa shape index (κ2) is 11.6. The maximum Gasteiger partial charge on any atom is 0.264 e. The fourth-order valence-electron chi connectivity index (χ4n) is 2.92. The van der Waals surface area contributed by atoms with Crippen LogP contribution in [0.5, 0.6) is 0 Å². The van der Waals surface area contributed by atoms with Gasteiger partial charge in [-0.05, 0) is 18.3 Å². The standard InChI is InChI=1S/C16H34O3S/c1-4-6-12-16(15(3)11-5-2)13-9-7-8-10-14-20(17,18)19/h15-16H,4-14H2,1-3H3,(H,17,18,19). The SMILES string of the molecule is CCCCC(CCCCCCS(=O)(=O)O)C(C)CCC. The summed E-state index contributed by atoms with van der Waals surface area (Å²) in [5, 5.41) is 0. The quantitative estimate of drug-likeness (QED) is 0.382. The van der Waals surface area contributed by atoms with Crippen molar-refractivity contribution in [3.8, 4) is 0 Å². The Labute approximate surface area is 126 Å². The summed E-state index contributed by atoms with van der Waals surface area (Å²) in [6.07, 6.45) is 11.5. The van der Waals surface area contributed by atoms with E-state index in [0.29, 0.717) is 6.42 Å². The lowest BCUT2D eigenvalue weighted by molar-refractivity contribution is 0.282. The zero-order chi connectivity index (χ0) is 15.4. The average molecular weight is 307 g/mol. The first-order valence-electron chi connectivity index (χ1n) is 8.35. The fourth-order valence-corrected chi connectivity index (χ4v) is 3.48. The van der Waals surface area contributed by atoms with Gasteiger partial charge in [-0.25, -0.2) is 0 Å². The van der Waals surface area contributed by atoms with E-state index in [4.69, 9.17) is 4.55 Å². The molecule has 0 aromatic heterocycles. The van der Waals surface area contributed by atoms with Gasteiger partial charge >= 0.3 is 0 Å². The molecule has 0 rings (SSSR count). The second-order valence-corrected chi connectivity index (χ2v) is 7.73. The van der Waals surface area contributed by atoms with Crippen LogP contribution in [0.25, 0.3) is 0 Å².